The summed E-state index contributed by atoms with van der Waals surface area (Å²) in [5.41, 5.74) is 14.1. The van der Waals surface area contributed by atoms with Gasteiger partial charge >= 0.3 is 0 Å². The highest BCUT2D eigenvalue weighted by molar-refractivity contribution is 7.71. The molecule has 10 heteroatoms. The molecule has 0 aliphatic rings. The summed E-state index contributed by atoms with van der Waals surface area (Å²) in [6.07, 6.45) is 0. The fourth-order valence-electron chi connectivity index (χ4n) is 1.99. The predicted molar refractivity (Wildman–Crippen MR) is 87.7 cm³/mol. The molecule has 0 aliphatic carbocycles. The summed E-state index contributed by atoms with van der Waals surface area (Å²) in [5.74, 6) is 0.429. The smallest absolute Gasteiger partial charge is 0.215 e. The van der Waals surface area contributed by atoms with E-state index in [1.807, 2.05) is 24.3 Å². The molecule has 0 saturated heterocycles. The van der Waals surface area contributed by atoms with Gasteiger partial charge in [-0.05, 0) is 24.4 Å². The lowest BCUT2D eigenvalue weighted by Crippen LogP contribution is -2.04. The quantitative estimate of drug-likeness (QED) is 0.523. The first-order valence-corrected chi connectivity index (χ1v) is 6.92. The van der Waals surface area contributed by atoms with Crippen molar-refractivity contribution in [1.82, 2.24) is 30.4 Å². The van der Waals surface area contributed by atoms with Crippen LogP contribution in [0.25, 0.3) is 22.5 Å². The molecule has 22 heavy (non-hydrogen) atoms. The summed E-state index contributed by atoms with van der Waals surface area (Å²) < 4.78 is 0.420. The molecule has 0 bridgehead atoms. The van der Waals surface area contributed by atoms with E-state index in [4.69, 9.17) is 35.9 Å². The van der Waals surface area contributed by atoms with Crippen molar-refractivity contribution in [2.75, 3.05) is 11.5 Å². The van der Waals surface area contributed by atoms with Crippen molar-refractivity contribution in [2.24, 2.45) is 0 Å². The van der Waals surface area contributed by atoms with Crippen molar-refractivity contribution in [2.45, 2.75) is 0 Å². The Balaban J connectivity index is 2.27. The molecule has 0 saturated carbocycles. The first kappa shape index (κ1) is 14.2. The van der Waals surface area contributed by atoms with Gasteiger partial charge in [0, 0.05) is 11.1 Å². The third-order valence-electron chi connectivity index (χ3n) is 2.89. The minimum atomic E-state index is 0.210. The third-order valence-corrected chi connectivity index (χ3v) is 3.26. The summed E-state index contributed by atoms with van der Waals surface area (Å²) in [4.78, 5) is 8.01. The number of anilines is 2. The Morgan fingerprint density at radius 2 is 1.18 bits per heavy atom. The number of aromatic nitrogens is 6. The molecule has 1 aromatic carbocycles. The zero-order valence-electron chi connectivity index (χ0n) is 11.1. The Morgan fingerprint density at radius 1 is 0.773 bits per heavy atom. The average molecular weight is 330 g/mol. The van der Waals surface area contributed by atoms with Gasteiger partial charge in [-0.15, -0.1) is 0 Å². The van der Waals surface area contributed by atoms with E-state index in [1.165, 1.54) is 0 Å². The SMILES string of the molecule is Nc1nc(=S)[nH]nc1-c1ccccc1-c1n[nH]c(=S)nc1N. The number of rotatable bonds is 2. The van der Waals surface area contributed by atoms with Crippen molar-refractivity contribution in [3.8, 4) is 22.5 Å². The van der Waals surface area contributed by atoms with Crippen LogP contribution in [-0.2, 0) is 0 Å². The summed E-state index contributed by atoms with van der Waals surface area (Å²) in [7, 11) is 0. The van der Waals surface area contributed by atoms with Gasteiger partial charge in [0.1, 0.15) is 11.4 Å². The van der Waals surface area contributed by atoms with Crippen LogP contribution in [0.5, 0.6) is 0 Å². The number of nitrogens with zero attached hydrogens (tertiary/aromatic N) is 4. The lowest BCUT2D eigenvalue weighted by atomic mass is 10.0. The van der Waals surface area contributed by atoms with Gasteiger partial charge in [-0.25, -0.2) is 0 Å². The molecule has 2 heterocycles. The molecule has 0 radical (unpaired) electrons. The molecule has 0 aliphatic heterocycles. The van der Waals surface area contributed by atoms with Crippen LogP contribution in [-0.4, -0.2) is 30.4 Å². The molecule has 110 valence electrons. The van der Waals surface area contributed by atoms with Gasteiger partial charge in [0.05, 0.1) is 0 Å². The van der Waals surface area contributed by atoms with Crippen molar-refractivity contribution in [1.29, 1.82) is 0 Å². The van der Waals surface area contributed by atoms with Crippen LogP contribution in [0.4, 0.5) is 11.6 Å². The van der Waals surface area contributed by atoms with Gasteiger partial charge in [-0.2, -0.15) is 20.2 Å². The monoisotopic (exact) mass is 330 g/mol. The molecule has 0 atom stereocenters. The van der Waals surface area contributed by atoms with Crippen LogP contribution in [0.2, 0.25) is 0 Å². The van der Waals surface area contributed by atoms with Crippen LogP contribution >= 0.6 is 24.4 Å². The average Bonchev–Trinajstić information content (AvgIpc) is 2.48. The van der Waals surface area contributed by atoms with E-state index >= 15 is 0 Å². The van der Waals surface area contributed by atoms with Crippen LogP contribution in [0.3, 0.4) is 0 Å². The number of hydrogen-bond acceptors (Lipinski definition) is 8. The van der Waals surface area contributed by atoms with E-state index in [9.17, 15) is 0 Å². The summed E-state index contributed by atoms with van der Waals surface area (Å²) >= 11 is 9.80. The van der Waals surface area contributed by atoms with Crippen molar-refractivity contribution < 1.29 is 0 Å². The molecule has 0 spiro atoms. The highest BCUT2D eigenvalue weighted by atomic mass is 32.1. The number of benzene rings is 1. The summed E-state index contributed by atoms with van der Waals surface area (Å²) in [6, 6.07) is 7.34. The second kappa shape index (κ2) is 5.58. The molecule has 3 aromatic rings. The van der Waals surface area contributed by atoms with Crippen LogP contribution in [0.15, 0.2) is 24.3 Å². The Morgan fingerprint density at radius 3 is 1.55 bits per heavy atom. The zero-order valence-corrected chi connectivity index (χ0v) is 12.7. The van der Waals surface area contributed by atoms with E-state index in [1.54, 1.807) is 0 Å². The van der Waals surface area contributed by atoms with Gasteiger partial charge in [0.25, 0.3) is 0 Å². The molecule has 3 rings (SSSR count). The first-order chi connectivity index (χ1) is 10.6. The van der Waals surface area contributed by atoms with Gasteiger partial charge < -0.3 is 11.5 Å². The summed E-state index contributed by atoms with van der Waals surface area (Å²) in [5, 5.41) is 13.5. The lowest BCUT2D eigenvalue weighted by Gasteiger charge is -2.10. The maximum absolute atomic E-state index is 5.91. The van der Waals surface area contributed by atoms with E-state index in [0.29, 0.717) is 22.5 Å². The van der Waals surface area contributed by atoms with E-state index < -0.39 is 0 Å². The molecule has 2 aromatic heterocycles. The zero-order chi connectivity index (χ0) is 15.7. The van der Waals surface area contributed by atoms with Crippen molar-refractivity contribution in [3.05, 3.63) is 33.8 Å². The third kappa shape index (κ3) is 2.56. The van der Waals surface area contributed by atoms with Gasteiger partial charge in [-0.1, -0.05) is 24.3 Å². The van der Waals surface area contributed by atoms with E-state index in [2.05, 4.69) is 30.4 Å². The lowest BCUT2D eigenvalue weighted by molar-refractivity contribution is 0.956. The molecule has 6 N–H and O–H groups in total. The number of aromatic amines is 2. The van der Waals surface area contributed by atoms with Gasteiger partial charge in [-0.3, -0.25) is 10.2 Å². The molecular formula is C12H10N8S2. The fraction of sp³-hybridized carbons (Fsp3) is 0. The predicted octanol–water partition coefficient (Wildman–Crippen LogP) is 1.88. The second-order valence-electron chi connectivity index (χ2n) is 4.29. The minimum absolute atomic E-state index is 0.210. The van der Waals surface area contributed by atoms with Gasteiger partial charge in [0.2, 0.25) is 9.54 Å². The highest BCUT2D eigenvalue weighted by Crippen LogP contribution is 2.33. The van der Waals surface area contributed by atoms with Gasteiger partial charge in [0.15, 0.2) is 11.6 Å². The maximum Gasteiger partial charge on any atom is 0.215 e. The molecular weight excluding hydrogens is 320 g/mol. The molecule has 0 amide bonds. The molecule has 0 unspecified atom stereocenters. The molecule has 8 nitrogen and oxygen atoms in total. The topological polar surface area (TPSA) is 135 Å². The maximum atomic E-state index is 5.91. The summed E-state index contributed by atoms with van der Waals surface area (Å²) in [6.45, 7) is 0. The first-order valence-electron chi connectivity index (χ1n) is 6.10. The number of nitrogens with one attached hydrogen (secondary N) is 2. The van der Waals surface area contributed by atoms with Crippen molar-refractivity contribution in [3.63, 3.8) is 0 Å². The standard InChI is InChI=1S/C12H10N8S2/c13-9-7(17-19-11(21)15-9)5-3-1-2-4-6(5)8-10(14)16-12(22)20-18-8/h1-4H,(H3,13,15,19,21)(H3,14,16,20,22). The number of nitrogen functional groups attached to an aromatic ring is 2. The Bertz CT molecular complexity index is 883. The fourth-order valence-corrected chi connectivity index (χ4v) is 2.28. The van der Waals surface area contributed by atoms with Crippen LogP contribution in [0, 0.1) is 9.54 Å². The largest absolute Gasteiger partial charge is 0.382 e. The highest BCUT2D eigenvalue weighted by Gasteiger charge is 2.15. The molecule has 0 fully saturated rings. The Hall–Kier alpha value is -2.72. The minimum Gasteiger partial charge on any atom is -0.382 e. The number of hydrogen-bond donors (Lipinski definition) is 4. The van der Waals surface area contributed by atoms with Crippen LogP contribution in [0.1, 0.15) is 0 Å². The normalized spacial score (nSPS) is 10.5. The van der Waals surface area contributed by atoms with E-state index in [-0.39, 0.29) is 21.2 Å². The van der Waals surface area contributed by atoms with Crippen molar-refractivity contribution >= 4 is 36.1 Å². The Kier molecular flexibility index (Phi) is 3.61. The van der Waals surface area contributed by atoms with E-state index in [0.717, 1.165) is 0 Å². The number of H-pyrrole nitrogens is 2. The number of nitrogens with two attached hydrogens (primary N) is 2. The second-order valence-corrected chi connectivity index (χ2v) is 5.07. The van der Waals surface area contributed by atoms with Crippen LogP contribution < -0.4 is 11.5 Å². The Labute approximate surface area is 134 Å².